The predicted octanol–water partition coefficient (Wildman–Crippen LogP) is 8.00. The molecule has 1 aliphatic rings. The summed E-state index contributed by atoms with van der Waals surface area (Å²) in [7, 11) is -5.13. The van der Waals surface area contributed by atoms with E-state index < -0.39 is 75.7 Å². The smallest absolute Gasteiger partial charge is 0.462 e. The molecule has 1 fully saturated rings. The van der Waals surface area contributed by atoms with E-state index in [2.05, 4.69) is 62.5 Å². The van der Waals surface area contributed by atoms with Crippen molar-refractivity contribution in [2.75, 3.05) is 13.2 Å². The summed E-state index contributed by atoms with van der Waals surface area (Å²) in [5, 5.41) is 50.1. The van der Waals surface area contributed by atoms with Crippen molar-refractivity contribution in [2.45, 2.75) is 204 Å². The van der Waals surface area contributed by atoms with E-state index >= 15 is 0 Å². The molecule has 1 aliphatic carbocycles. The van der Waals surface area contributed by atoms with Gasteiger partial charge in [0, 0.05) is 12.8 Å². The molecular formula is C44H77O13P. The summed E-state index contributed by atoms with van der Waals surface area (Å²) in [6, 6.07) is 0. The Bertz CT molecular complexity index is 1210. The topological polar surface area (TPSA) is 210 Å². The molecule has 0 heterocycles. The largest absolute Gasteiger partial charge is 0.472 e. The molecule has 58 heavy (non-hydrogen) atoms. The second-order valence-electron chi connectivity index (χ2n) is 15.2. The Morgan fingerprint density at radius 1 is 0.534 bits per heavy atom. The van der Waals surface area contributed by atoms with E-state index in [0.717, 1.165) is 70.6 Å². The van der Waals surface area contributed by atoms with Gasteiger partial charge < -0.3 is 39.9 Å². The van der Waals surface area contributed by atoms with Gasteiger partial charge in [0.1, 0.15) is 43.2 Å². The van der Waals surface area contributed by atoms with Gasteiger partial charge in [-0.1, -0.05) is 127 Å². The average molecular weight is 845 g/mol. The van der Waals surface area contributed by atoms with Gasteiger partial charge in [0.15, 0.2) is 6.10 Å². The van der Waals surface area contributed by atoms with Gasteiger partial charge in [-0.15, -0.1) is 0 Å². The number of esters is 2. The van der Waals surface area contributed by atoms with Gasteiger partial charge in [-0.05, 0) is 70.6 Å². The van der Waals surface area contributed by atoms with Crippen LogP contribution in [-0.4, -0.2) is 98.3 Å². The second kappa shape index (κ2) is 34.5. The SMILES string of the molecule is CCCC/C=C/C/C=C/CCCCCCCC(=O)O[C@@H](COC(=O)CCCC/C=C/C/C=C/CCCCCCCC)COP(=O)(O)OC1C(O)C(O)C(O)[C@H](O)C1O. The van der Waals surface area contributed by atoms with Crippen LogP contribution in [0.15, 0.2) is 48.6 Å². The highest BCUT2D eigenvalue weighted by Gasteiger charge is 2.51. The third-order valence-electron chi connectivity index (χ3n) is 9.89. The van der Waals surface area contributed by atoms with Gasteiger partial charge >= 0.3 is 19.8 Å². The molecule has 6 N–H and O–H groups in total. The van der Waals surface area contributed by atoms with Crippen molar-refractivity contribution in [1.29, 1.82) is 0 Å². The molecular weight excluding hydrogens is 767 g/mol. The zero-order valence-corrected chi connectivity index (χ0v) is 36.2. The molecule has 0 radical (unpaired) electrons. The van der Waals surface area contributed by atoms with Crippen LogP contribution in [0.25, 0.3) is 0 Å². The van der Waals surface area contributed by atoms with Gasteiger partial charge in [-0.3, -0.25) is 18.6 Å². The van der Waals surface area contributed by atoms with Crippen molar-refractivity contribution < 1.29 is 63.1 Å². The molecule has 336 valence electrons. The highest BCUT2D eigenvalue weighted by atomic mass is 31.2. The lowest BCUT2D eigenvalue weighted by Gasteiger charge is -2.41. The third kappa shape index (κ3) is 26.8. The first kappa shape index (κ1) is 53.8. The number of hydrogen-bond acceptors (Lipinski definition) is 12. The molecule has 8 atom stereocenters. The molecule has 0 amide bonds. The Hall–Kier alpha value is -2.19. The van der Waals surface area contributed by atoms with Crippen LogP contribution in [0.1, 0.15) is 162 Å². The number of carbonyl (C=O) groups excluding carboxylic acids is 2. The van der Waals surface area contributed by atoms with Crippen LogP contribution >= 0.6 is 7.82 Å². The maximum atomic E-state index is 12.8. The summed E-state index contributed by atoms with van der Waals surface area (Å²) in [4.78, 5) is 35.6. The number of unbranched alkanes of at least 4 members (excludes halogenated alkanes) is 15. The number of allylic oxidation sites excluding steroid dienone is 8. The fourth-order valence-corrected chi connectivity index (χ4v) is 7.25. The molecule has 0 aromatic carbocycles. The second-order valence-corrected chi connectivity index (χ2v) is 16.6. The number of aliphatic hydroxyl groups is 5. The van der Waals surface area contributed by atoms with Gasteiger partial charge in [-0.25, -0.2) is 4.57 Å². The van der Waals surface area contributed by atoms with E-state index in [1.54, 1.807) is 0 Å². The van der Waals surface area contributed by atoms with E-state index in [9.17, 15) is 44.6 Å². The fourth-order valence-electron chi connectivity index (χ4n) is 6.27. The van der Waals surface area contributed by atoms with Crippen molar-refractivity contribution in [1.82, 2.24) is 0 Å². The molecule has 0 aliphatic heterocycles. The van der Waals surface area contributed by atoms with Crippen molar-refractivity contribution in [3.63, 3.8) is 0 Å². The molecule has 0 aromatic heterocycles. The standard InChI is InChI=1S/C44H77O13P/c1-3-5-7-9-11-13-15-17-19-21-22-24-26-28-30-32-37(45)54-34-36(35-55-58(52,53)57-44-42(50)40(48)39(47)41(49)43(44)51)56-38(46)33-31-29-27-25-23-20-18-16-14-12-10-8-6-4-2/h10,12,16-19,22,24,36,39-44,47-51H,3-9,11,13-15,20-21,23,25-35H2,1-2H3,(H,52,53)/b12-10+,18-16+,19-17+,24-22+/t36-,39?,40-,41?,42?,43?,44?/m0/s1. The van der Waals surface area contributed by atoms with Gasteiger partial charge in [0.05, 0.1) is 6.61 Å². The van der Waals surface area contributed by atoms with Crippen LogP contribution in [0.4, 0.5) is 0 Å². The maximum absolute atomic E-state index is 12.8. The lowest BCUT2D eigenvalue weighted by atomic mass is 9.85. The quantitative estimate of drug-likeness (QED) is 0.0155. The molecule has 1 saturated carbocycles. The summed E-state index contributed by atoms with van der Waals surface area (Å²) in [5.41, 5.74) is 0. The Labute approximate surface area is 348 Å². The summed E-state index contributed by atoms with van der Waals surface area (Å²) < 4.78 is 33.4. The molecule has 0 aromatic rings. The molecule has 1 rings (SSSR count). The van der Waals surface area contributed by atoms with Crippen LogP contribution in [-0.2, 0) is 32.7 Å². The van der Waals surface area contributed by atoms with Crippen LogP contribution in [0.2, 0.25) is 0 Å². The number of carbonyl (C=O) groups is 2. The van der Waals surface area contributed by atoms with E-state index in [-0.39, 0.29) is 12.8 Å². The minimum atomic E-state index is -5.13. The Morgan fingerprint density at radius 2 is 0.948 bits per heavy atom. The summed E-state index contributed by atoms with van der Waals surface area (Å²) >= 11 is 0. The van der Waals surface area contributed by atoms with Crippen molar-refractivity contribution >= 4 is 19.8 Å². The molecule has 14 heteroatoms. The summed E-state index contributed by atoms with van der Waals surface area (Å²) in [6.07, 6.45) is 26.0. The Kier molecular flexibility index (Phi) is 32.0. The molecule has 6 unspecified atom stereocenters. The first-order chi connectivity index (χ1) is 27.9. The number of phosphoric ester groups is 1. The average Bonchev–Trinajstić information content (AvgIpc) is 3.20. The fraction of sp³-hybridized carbons (Fsp3) is 0.773. The third-order valence-corrected chi connectivity index (χ3v) is 10.9. The zero-order chi connectivity index (χ0) is 42.9. The monoisotopic (exact) mass is 845 g/mol. The van der Waals surface area contributed by atoms with Crippen molar-refractivity contribution in [3.05, 3.63) is 48.6 Å². The minimum Gasteiger partial charge on any atom is -0.462 e. The van der Waals surface area contributed by atoms with Crippen LogP contribution in [0.3, 0.4) is 0 Å². The lowest BCUT2D eigenvalue weighted by molar-refractivity contribution is -0.220. The number of rotatable bonds is 35. The normalized spacial score (nSPS) is 23.0. The van der Waals surface area contributed by atoms with E-state index in [4.69, 9.17) is 18.5 Å². The highest BCUT2D eigenvalue weighted by Crippen LogP contribution is 2.47. The van der Waals surface area contributed by atoms with Crippen LogP contribution < -0.4 is 0 Å². The molecule has 0 bridgehead atoms. The Balaban J connectivity index is 2.53. The summed E-state index contributed by atoms with van der Waals surface area (Å²) in [5.74, 6) is -1.16. The number of hydrogen-bond donors (Lipinski definition) is 6. The number of aliphatic hydroxyl groups excluding tert-OH is 5. The van der Waals surface area contributed by atoms with Gasteiger partial charge in [0.2, 0.25) is 0 Å². The van der Waals surface area contributed by atoms with E-state index in [0.29, 0.717) is 12.8 Å². The van der Waals surface area contributed by atoms with Crippen molar-refractivity contribution in [2.24, 2.45) is 0 Å². The van der Waals surface area contributed by atoms with Crippen LogP contribution in [0, 0.1) is 0 Å². The highest BCUT2D eigenvalue weighted by molar-refractivity contribution is 7.47. The molecule has 0 saturated heterocycles. The molecule has 0 spiro atoms. The van der Waals surface area contributed by atoms with Crippen LogP contribution in [0.5, 0.6) is 0 Å². The Morgan fingerprint density at radius 3 is 1.48 bits per heavy atom. The first-order valence-corrected chi connectivity index (χ1v) is 23.4. The van der Waals surface area contributed by atoms with Gasteiger partial charge in [0.25, 0.3) is 0 Å². The van der Waals surface area contributed by atoms with Crippen molar-refractivity contribution in [3.8, 4) is 0 Å². The van der Waals surface area contributed by atoms with E-state index in [1.165, 1.54) is 51.4 Å². The minimum absolute atomic E-state index is 0.0724. The van der Waals surface area contributed by atoms with Gasteiger partial charge in [-0.2, -0.15) is 0 Å². The predicted molar refractivity (Wildman–Crippen MR) is 226 cm³/mol. The maximum Gasteiger partial charge on any atom is 0.472 e. The lowest BCUT2D eigenvalue weighted by Crippen LogP contribution is -2.64. The number of phosphoric acid groups is 1. The van der Waals surface area contributed by atoms with E-state index in [1.807, 2.05) is 0 Å². The zero-order valence-electron chi connectivity index (χ0n) is 35.3. The molecule has 13 nitrogen and oxygen atoms in total. The number of ether oxygens (including phenoxy) is 2. The first-order valence-electron chi connectivity index (χ1n) is 21.9. The summed E-state index contributed by atoms with van der Waals surface area (Å²) in [6.45, 7) is 3.19.